The molecule has 1 aliphatic heterocycles. The number of benzene rings is 2. The van der Waals surface area contributed by atoms with E-state index >= 15 is 0 Å². The van der Waals surface area contributed by atoms with Gasteiger partial charge in [-0.25, -0.2) is 9.67 Å². The number of nitrogens with zero attached hydrogens (tertiary/aromatic N) is 4. The average Bonchev–Trinajstić information content (AvgIpc) is 3.28. The smallest absolute Gasteiger partial charge is 0.325 e. The Morgan fingerprint density at radius 2 is 1.85 bits per heavy atom. The van der Waals surface area contributed by atoms with Gasteiger partial charge in [-0.3, -0.25) is 9.59 Å². The predicted molar refractivity (Wildman–Crippen MR) is 132 cm³/mol. The minimum absolute atomic E-state index is 0.175. The highest BCUT2D eigenvalue weighted by Gasteiger charge is 2.40. The summed E-state index contributed by atoms with van der Waals surface area (Å²) in [5.41, 5.74) is 2.29. The van der Waals surface area contributed by atoms with Gasteiger partial charge in [0, 0.05) is 18.3 Å². The minimum Gasteiger partial charge on any atom is -0.465 e. The maximum atomic E-state index is 14.1. The Bertz CT molecular complexity index is 1230. The number of aliphatic imine (C=N–C) groups is 1. The number of hydrogen-bond donors (Lipinski definition) is 0. The highest BCUT2D eigenvalue weighted by atomic mass is 35.5. The van der Waals surface area contributed by atoms with Crippen molar-refractivity contribution in [1.29, 1.82) is 0 Å². The number of rotatable bonds is 7. The van der Waals surface area contributed by atoms with E-state index < -0.39 is 17.9 Å². The van der Waals surface area contributed by atoms with Gasteiger partial charge >= 0.3 is 5.97 Å². The molecule has 0 bridgehead atoms. The molecule has 0 saturated heterocycles. The molecule has 4 rings (SSSR count). The molecule has 2 aromatic carbocycles. The van der Waals surface area contributed by atoms with Gasteiger partial charge in [-0.1, -0.05) is 59.6 Å². The quantitative estimate of drug-likeness (QED) is 0.425. The zero-order valence-corrected chi connectivity index (χ0v) is 20.3. The molecule has 1 aliphatic rings. The SMILES string of the molecule is CCOC(=O)CN(Cc1ccccc1)C(=O)C1C(C)=Nc2ccnn2C1c1ccc(Cl)c(Cl)c1. The largest absolute Gasteiger partial charge is 0.465 e. The van der Waals surface area contributed by atoms with Crippen molar-refractivity contribution in [3.8, 4) is 0 Å². The molecule has 0 N–H and O–H groups in total. The Morgan fingerprint density at radius 1 is 1.09 bits per heavy atom. The first-order valence-electron chi connectivity index (χ1n) is 10.9. The number of aromatic nitrogens is 2. The summed E-state index contributed by atoms with van der Waals surface area (Å²) in [7, 11) is 0. The van der Waals surface area contributed by atoms with Gasteiger partial charge in [0.15, 0.2) is 5.82 Å². The van der Waals surface area contributed by atoms with Crippen molar-refractivity contribution in [2.75, 3.05) is 13.2 Å². The Hall–Kier alpha value is -3.16. The van der Waals surface area contributed by atoms with Crippen LogP contribution in [-0.2, 0) is 20.9 Å². The molecule has 0 spiro atoms. The lowest BCUT2D eigenvalue weighted by molar-refractivity contribution is -0.150. The van der Waals surface area contributed by atoms with E-state index in [1.807, 2.05) is 43.3 Å². The van der Waals surface area contributed by atoms with Crippen molar-refractivity contribution in [2.24, 2.45) is 10.9 Å². The molecule has 0 fully saturated rings. The summed E-state index contributed by atoms with van der Waals surface area (Å²) >= 11 is 12.5. The van der Waals surface area contributed by atoms with E-state index in [-0.39, 0.29) is 25.6 Å². The molecular formula is C25H24Cl2N4O3. The van der Waals surface area contributed by atoms with Crippen LogP contribution >= 0.6 is 23.2 Å². The Balaban J connectivity index is 1.75. The third-order valence-electron chi connectivity index (χ3n) is 5.67. The Labute approximate surface area is 207 Å². The van der Waals surface area contributed by atoms with Crippen LogP contribution in [0.25, 0.3) is 0 Å². The highest BCUT2D eigenvalue weighted by Crippen LogP contribution is 2.39. The van der Waals surface area contributed by atoms with Crippen molar-refractivity contribution in [1.82, 2.24) is 14.7 Å². The molecular weight excluding hydrogens is 475 g/mol. The lowest BCUT2D eigenvalue weighted by Gasteiger charge is -2.34. The van der Waals surface area contributed by atoms with Gasteiger partial charge in [0.1, 0.15) is 12.5 Å². The lowest BCUT2D eigenvalue weighted by Crippen LogP contribution is -2.46. The van der Waals surface area contributed by atoms with Gasteiger partial charge in [0.25, 0.3) is 0 Å². The molecule has 34 heavy (non-hydrogen) atoms. The molecule has 2 heterocycles. The fourth-order valence-electron chi connectivity index (χ4n) is 4.15. The zero-order chi connectivity index (χ0) is 24.2. The summed E-state index contributed by atoms with van der Waals surface area (Å²) in [5, 5.41) is 5.24. The van der Waals surface area contributed by atoms with Crippen LogP contribution in [0.5, 0.6) is 0 Å². The van der Waals surface area contributed by atoms with Crippen molar-refractivity contribution in [3.63, 3.8) is 0 Å². The summed E-state index contributed by atoms with van der Waals surface area (Å²) in [6.07, 6.45) is 1.64. The molecule has 2 unspecified atom stereocenters. The second kappa shape index (κ2) is 10.4. The maximum absolute atomic E-state index is 14.1. The van der Waals surface area contributed by atoms with E-state index in [0.29, 0.717) is 21.6 Å². The summed E-state index contributed by atoms with van der Waals surface area (Å²) in [6, 6.07) is 16.1. The third-order valence-corrected chi connectivity index (χ3v) is 6.41. The fraction of sp³-hybridized carbons (Fsp3) is 0.280. The van der Waals surface area contributed by atoms with Crippen LogP contribution in [0.2, 0.25) is 10.0 Å². The van der Waals surface area contributed by atoms with Crippen molar-refractivity contribution >= 4 is 46.6 Å². The van der Waals surface area contributed by atoms with Gasteiger partial charge < -0.3 is 9.64 Å². The first-order valence-corrected chi connectivity index (χ1v) is 11.7. The van der Waals surface area contributed by atoms with E-state index in [4.69, 9.17) is 27.9 Å². The summed E-state index contributed by atoms with van der Waals surface area (Å²) < 4.78 is 6.85. The number of carbonyl (C=O) groups excluding carboxylic acids is 2. The standard InChI is InChI=1S/C25H24Cl2N4O3/c1-3-34-22(32)15-30(14-17-7-5-4-6-8-17)25(33)23-16(2)29-21-11-12-28-31(21)24(23)18-9-10-19(26)20(27)13-18/h4-13,23-24H,3,14-15H2,1-2H3. The number of halogens is 2. The van der Waals surface area contributed by atoms with Crippen molar-refractivity contribution < 1.29 is 14.3 Å². The number of esters is 1. The van der Waals surface area contributed by atoms with Crippen LogP contribution in [-0.4, -0.2) is 45.4 Å². The van der Waals surface area contributed by atoms with Gasteiger partial charge in [-0.05, 0) is 37.1 Å². The number of amides is 1. The van der Waals surface area contributed by atoms with Crippen LogP contribution in [0, 0.1) is 5.92 Å². The molecule has 3 aromatic rings. The normalized spacial score (nSPS) is 17.0. The molecule has 0 aliphatic carbocycles. The molecule has 2 atom stereocenters. The number of ether oxygens (including phenoxy) is 1. The van der Waals surface area contributed by atoms with Crippen LogP contribution in [0.3, 0.4) is 0 Å². The molecule has 176 valence electrons. The van der Waals surface area contributed by atoms with Gasteiger partial charge in [-0.2, -0.15) is 5.10 Å². The Kier molecular flexibility index (Phi) is 7.34. The van der Waals surface area contributed by atoms with E-state index in [2.05, 4.69) is 10.1 Å². The van der Waals surface area contributed by atoms with Crippen LogP contribution in [0.4, 0.5) is 5.82 Å². The molecule has 7 nitrogen and oxygen atoms in total. The summed E-state index contributed by atoms with van der Waals surface area (Å²) in [6.45, 7) is 3.86. The van der Waals surface area contributed by atoms with Gasteiger partial charge in [0.05, 0.1) is 28.9 Å². The first-order chi connectivity index (χ1) is 16.4. The van der Waals surface area contributed by atoms with Gasteiger partial charge in [-0.15, -0.1) is 0 Å². The predicted octanol–water partition coefficient (Wildman–Crippen LogP) is 5.09. The van der Waals surface area contributed by atoms with Crippen molar-refractivity contribution in [3.05, 3.63) is 82.0 Å². The maximum Gasteiger partial charge on any atom is 0.325 e. The highest BCUT2D eigenvalue weighted by molar-refractivity contribution is 6.42. The van der Waals surface area contributed by atoms with Crippen LogP contribution < -0.4 is 0 Å². The molecule has 9 heteroatoms. The monoisotopic (exact) mass is 498 g/mol. The van der Waals surface area contributed by atoms with Crippen LogP contribution in [0.1, 0.15) is 31.0 Å². The van der Waals surface area contributed by atoms with Crippen molar-refractivity contribution in [2.45, 2.75) is 26.4 Å². The third kappa shape index (κ3) is 5.00. The topological polar surface area (TPSA) is 76.8 Å². The lowest BCUT2D eigenvalue weighted by atomic mass is 9.87. The molecule has 1 amide bonds. The Morgan fingerprint density at radius 3 is 2.56 bits per heavy atom. The van der Waals surface area contributed by atoms with E-state index in [0.717, 1.165) is 11.1 Å². The number of fused-ring (bicyclic) bond motifs is 1. The zero-order valence-electron chi connectivity index (χ0n) is 18.8. The van der Waals surface area contributed by atoms with E-state index in [1.54, 1.807) is 36.0 Å². The number of carbonyl (C=O) groups is 2. The van der Waals surface area contributed by atoms with E-state index in [1.165, 1.54) is 4.90 Å². The summed E-state index contributed by atoms with van der Waals surface area (Å²) in [5.74, 6) is -0.793. The molecule has 1 aromatic heterocycles. The summed E-state index contributed by atoms with van der Waals surface area (Å²) in [4.78, 5) is 32.6. The van der Waals surface area contributed by atoms with E-state index in [9.17, 15) is 9.59 Å². The second-order valence-corrected chi connectivity index (χ2v) is 8.78. The molecule has 0 saturated carbocycles. The second-order valence-electron chi connectivity index (χ2n) is 7.97. The van der Waals surface area contributed by atoms with Gasteiger partial charge in [0.2, 0.25) is 5.91 Å². The average molecular weight is 499 g/mol. The number of hydrogen-bond acceptors (Lipinski definition) is 5. The minimum atomic E-state index is -0.706. The fourth-order valence-corrected chi connectivity index (χ4v) is 4.46. The molecule has 0 radical (unpaired) electrons. The first kappa shape index (κ1) is 24.0. The van der Waals surface area contributed by atoms with Crippen LogP contribution in [0.15, 0.2) is 65.8 Å².